The zero-order valence-electron chi connectivity index (χ0n) is 9.39. The van der Waals surface area contributed by atoms with E-state index in [1.807, 2.05) is 12.4 Å². The van der Waals surface area contributed by atoms with Gasteiger partial charge in [0.1, 0.15) is 25.5 Å². The van der Waals surface area contributed by atoms with Crippen LogP contribution in [0, 0.1) is 0 Å². The predicted octanol–water partition coefficient (Wildman–Crippen LogP) is 0.103. The molecule has 4 nitrogen and oxygen atoms in total. The molecule has 1 aromatic heterocycles. The molecule has 0 unspecified atom stereocenters. The molecule has 0 bridgehead atoms. The van der Waals surface area contributed by atoms with Crippen LogP contribution in [0.15, 0.2) is 12.4 Å². The lowest BCUT2D eigenvalue weighted by molar-refractivity contribution is -0.705. The van der Waals surface area contributed by atoms with Crippen LogP contribution in [-0.4, -0.2) is 28.0 Å². The molecule has 0 saturated heterocycles. The van der Waals surface area contributed by atoms with Gasteiger partial charge < -0.3 is 10.2 Å². The molecule has 1 heterocycles. The van der Waals surface area contributed by atoms with Gasteiger partial charge in [-0.15, -0.1) is 0 Å². The van der Waals surface area contributed by atoms with Gasteiger partial charge in [0.2, 0.25) is 0 Å². The Balaban J connectivity index is 2.76. The Hall–Kier alpha value is -0.870. The molecule has 4 heteroatoms. The van der Waals surface area contributed by atoms with Crippen LogP contribution in [0.1, 0.15) is 25.6 Å². The Morgan fingerprint density at radius 2 is 2.13 bits per heavy atom. The average molecular weight is 213 g/mol. The lowest BCUT2D eigenvalue weighted by Gasteiger charge is -2.02. The quantitative estimate of drug-likeness (QED) is 0.631. The van der Waals surface area contributed by atoms with Gasteiger partial charge in [-0.05, 0) is 6.42 Å². The smallest absolute Gasteiger partial charge is 0.256 e. The second-order valence-corrected chi connectivity index (χ2v) is 3.65. The summed E-state index contributed by atoms with van der Waals surface area (Å²) in [5, 5.41) is 17.9. The van der Waals surface area contributed by atoms with Crippen molar-refractivity contribution < 1.29 is 14.8 Å². The van der Waals surface area contributed by atoms with Crippen LogP contribution in [0.2, 0.25) is 0 Å². The van der Waals surface area contributed by atoms with Crippen LogP contribution < -0.4 is 4.57 Å². The van der Waals surface area contributed by atoms with Gasteiger partial charge in [0, 0.05) is 6.42 Å². The van der Waals surface area contributed by atoms with E-state index in [9.17, 15) is 0 Å². The van der Waals surface area contributed by atoms with Crippen LogP contribution in [0.4, 0.5) is 0 Å². The summed E-state index contributed by atoms with van der Waals surface area (Å²) in [7, 11) is 0. The summed E-state index contributed by atoms with van der Waals surface area (Å²) in [6.45, 7) is 3.75. The fourth-order valence-electron chi connectivity index (χ4n) is 1.74. The van der Waals surface area contributed by atoms with Gasteiger partial charge in [-0.3, -0.25) is 0 Å². The molecule has 0 amide bonds. The molecule has 1 rings (SSSR count). The summed E-state index contributed by atoms with van der Waals surface area (Å²) < 4.78 is 4.12. The van der Waals surface area contributed by atoms with Crippen LogP contribution >= 0.6 is 0 Å². The van der Waals surface area contributed by atoms with Gasteiger partial charge in [0.15, 0.2) is 0 Å². The summed E-state index contributed by atoms with van der Waals surface area (Å²) in [4.78, 5) is 0. The fraction of sp³-hybridized carbons (Fsp3) is 0.727. The van der Waals surface area contributed by atoms with Gasteiger partial charge in [0.05, 0.1) is 13.2 Å². The lowest BCUT2D eigenvalue weighted by atomic mass is 10.2. The first-order chi connectivity index (χ1) is 7.33. The fourth-order valence-corrected chi connectivity index (χ4v) is 1.74. The zero-order chi connectivity index (χ0) is 11.1. The van der Waals surface area contributed by atoms with Gasteiger partial charge in [-0.2, -0.15) is 0 Å². The maximum absolute atomic E-state index is 8.93. The number of nitrogens with zero attached hydrogens (tertiary/aromatic N) is 2. The molecule has 2 N–H and O–H groups in total. The Kier molecular flexibility index (Phi) is 5.36. The van der Waals surface area contributed by atoms with Gasteiger partial charge in [0.25, 0.3) is 5.82 Å². The first-order valence-corrected chi connectivity index (χ1v) is 5.62. The summed E-state index contributed by atoms with van der Waals surface area (Å²) in [5.74, 6) is 1.19. The van der Waals surface area contributed by atoms with E-state index < -0.39 is 0 Å². The standard InChI is InChI=1S/C11H21N2O2/c1-2-3-4-11-12(7-9-14)5-6-13(11)8-10-15/h5-6,14-15H,2-4,7-10H2,1H3/q+1. The van der Waals surface area contributed by atoms with E-state index in [1.54, 1.807) is 0 Å². The highest BCUT2D eigenvalue weighted by Crippen LogP contribution is 2.02. The Labute approximate surface area is 90.8 Å². The number of aromatic nitrogens is 2. The highest BCUT2D eigenvalue weighted by molar-refractivity contribution is 4.84. The van der Waals surface area contributed by atoms with Crippen LogP contribution in [0.5, 0.6) is 0 Å². The Morgan fingerprint density at radius 1 is 1.33 bits per heavy atom. The summed E-state index contributed by atoms with van der Waals surface area (Å²) in [6, 6.07) is 0. The van der Waals surface area contributed by atoms with Gasteiger partial charge in [-0.1, -0.05) is 13.3 Å². The summed E-state index contributed by atoms with van der Waals surface area (Å²) in [5.41, 5.74) is 0. The highest BCUT2D eigenvalue weighted by Gasteiger charge is 2.15. The minimum absolute atomic E-state index is 0.160. The first kappa shape index (κ1) is 12.2. The summed E-state index contributed by atoms with van der Waals surface area (Å²) >= 11 is 0. The lowest BCUT2D eigenvalue weighted by Crippen LogP contribution is -2.39. The monoisotopic (exact) mass is 213 g/mol. The molecular weight excluding hydrogens is 192 g/mol. The molecule has 0 aliphatic heterocycles. The number of hydrogen-bond donors (Lipinski definition) is 2. The zero-order valence-corrected chi connectivity index (χ0v) is 9.39. The maximum Gasteiger partial charge on any atom is 0.256 e. The number of aliphatic hydroxyl groups excluding tert-OH is 2. The minimum Gasteiger partial charge on any atom is -0.392 e. The number of hydrogen-bond acceptors (Lipinski definition) is 2. The van der Waals surface area contributed by atoms with Crippen molar-refractivity contribution in [2.45, 2.75) is 39.3 Å². The maximum atomic E-state index is 8.93. The third-order valence-corrected chi connectivity index (χ3v) is 2.53. The average Bonchev–Trinajstić information content (AvgIpc) is 2.60. The van der Waals surface area contributed by atoms with E-state index in [0.717, 1.165) is 19.3 Å². The second kappa shape index (κ2) is 6.58. The molecule has 0 saturated carbocycles. The number of rotatable bonds is 7. The van der Waals surface area contributed by atoms with E-state index in [2.05, 4.69) is 16.1 Å². The predicted molar refractivity (Wildman–Crippen MR) is 57.4 cm³/mol. The van der Waals surface area contributed by atoms with Crippen LogP contribution in [0.3, 0.4) is 0 Å². The molecule has 0 fully saturated rings. The molecule has 0 aliphatic rings. The highest BCUT2D eigenvalue weighted by atomic mass is 16.3. The molecule has 0 spiro atoms. The molecule has 1 aromatic rings. The van der Waals surface area contributed by atoms with Crippen LogP contribution in [-0.2, 0) is 19.5 Å². The Bertz CT molecular complexity index is 261. The van der Waals surface area contributed by atoms with Crippen molar-refractivity contribution in [2.24, 2.45) is 0 Å². The molecule has 0 radical (unpaired) electrons. The molecule has 0 atom stereocenters. The molecular formula is C11H21N2O2+. The number of imidazole rings is 1. The van der Waals surface area contributed by atoms with Crippen molar-refractivity contribution in [2.75, 3.05) is 13.2 Å². The largest absolute Gasteiger partial charge is 0.392 e. The normalized spacial score (nSPS) is 10.9. The summed E-state index contributed by atoms with van der Waals surface area (Å²) in [6.07, 6.45) is 7.24. The molecule has 15 heavy (non-hydrogen) atoms. The third kappa shape index (κ3) is 3.32. The Morgan fingerprint density at radius 3 is 2.73 bits per heavy atom. The van der Waals surface area contributed by atoms with Crippen LogP contribution in [0.25, 0.3) is 0 Å². The van der Waals surface area contributed by atoms with Gasteiger partial charge in [-0.25, -0.2) is 9.13 Å². The van der Waals surface area contributed by atoms with Crippen molar-refractivity contribution in [3.05, 3.63) is 18.2 Å². The molecule has 0 aliphatic carbocycles. The van der Waals surface area contributed by atoms with Crippen molar-refractivity contribution >= 4 is 0 Å². The van der Waals surface area contributed by atoms with E-state index >= 15 is 0 Å². The number of unbranched alkanes of at least 4 members (excludes halogenated alkanes) is 1. The van der Waals surface area contributed by atoms with Crippen molar-refractivity contribution in [3.8, 4) is 0 Å². The van der Waals surface area contributed by atoms with Crippen molar-refractivity contribution in [1.29, 1.82) is 0 Å². The molecule has 0 aromatic carbocycles. The third-order valence-electron chi connectivity index (χ3n) is 2.53. The van der Waals surface area contributed by atoms with E-state index in [0.29, 0.717) is 13.1 Å². The molecule has 86 valence electrons. The SMILES string of the molecule is CCCCc1n(CCO)cc[n+]1CCO. The second-order valence-electron chi connectivity index (χ2n) is 3.65. The number of aliphatic hydroxyl groups is 2. The van der Waals surface area contributed by atoms with Crippen molar-refractivity contribution in [1.82, 2.24) is 4.57 Å². The van der Waals surface area contributed by atoms with E-state index in [4.69, 9.17) is 10.2 Å². The first-order valence-electron chi connectivity index (χ1n) is 5.62. The topological polar surface area (TPSA) is 49.3 Å². The van der Waals surface area contributed by atoms with Crippen molar-refractivity contribution in [3.63, 3.8) is 0 Å². The van der Waals surface area contributed by atoms with E-state index in [1.165, 1.54) is 5.82 Å². The minimum atomic E-state index is 0.160. The van der Waals surface area contributed by atoms with Gasteiger partial charge >= 0.3 is 0 Å². The van der Waals surface area contributed by atoms with E-state index in [-0.39, 0.29) is 13.2 Å².